The third kappa shape index (κ3) is 6.41. The van der Waals surface area contributed by atoms with Crippen LogP contribution >= 0.6 is 0 Å². The van der Waals surface area contributed by atoms with Crippen molar-refractivity contribution in [2.24, 2.45) is 0 Å². The molecule has 0 saturated heterocycles. The summed E-state index contributed by atoms with van der Waals surface area (Å²) in [5.41, 5.74) is 2.27. The first-order valence-electron chi connectivity index (χ1n) is 6.80. The monoisotopic (exact) mass is 244 g/mol. The molecule has 1 rings (SSSR count). The van der Waals surface area contributed by atoms with Crippen molar-refractivity contribution in [3.05, 3.63) is 54.1 Å². The summed E-state index contributed by atoms with van der Waals surface area (Å²) in [7, 11) is 0. The third-order valence-electron chi connectivity index (χ3n) is 2.94. The lowest BCUT2D eigenvalue weighted by molar-refractivity contribution is 0.223. The fourth-order valence-corrected chi connectivity index (χ4v) is 1.88. The Morgan fingerprint density at radius 3 is 2.67 bits per heavy atom. The molecule has 0 aliphatic heterocycles. The standard InChI is InChI=1S/C17H24O/c1-3-4-6-9-15(2)14-17(18)13-12-16-10-7-5-8-11-16/h5,7-8,10-13,17-18H,2-4,6,9,14H2,1H3/t17-/m0/s1. The van der Waals surface area contributed by atoms with Crippen LogP contribution in [-0.2, 0) is 0 Å². The molecule has 0 aliphatic carbocycles. The summed E-state index contributed by atoms with van der Waals surface area (Å²) in [6.45, 7) is 6.22. The van der Waals surface area contributed by atoms with Crippen molar-refractivity contribution in [1.82, 2.24) is 0 Å². The molecule has 0 aliphatic rings. The molecule has 1 aromatic rings. The van der Waals surface area contributed by atoms with Crippen molar-refractivity contribution < 1.29 is 5.11 Å². The predicted molar refractivity (Wildman–Crippen MR) is 79.4 cm³/mol. The minimum absolute atomic E-state index is 0.417. The Kier molecular flexibility index (Phi) is 7.12. The van der Waals surface area contributed by atoms with Gasteiger partial charge < -0.3 is 5.11 Å². The Hall–Kier alpha value is -1.34. The van der Waals surface area contributed by atoms with Gasteiger partial charge in [-0.15, -0.1) is 0 Å². The van der Waals surface area contributed by atoms with Crippen LogP contribution in [-0.4, -0.2) is 11.2 Å². The second kappa shape index (κ2) is 8.71. The Labute approximate surface area is 111 Å². The molecule has 0 fully saturated rings. The molecular formula is C17H24O. The van der Waals surface area contributed by atoms with E-state index >= 15 is 0 Å². The lowest BCUT2D eigenvalue weighted by Crippen LogP contribution is -2.03. The molecule has 0 spiro atoms. The molecule has 1 atom stereocenters. The van der Waals surface area contributed by atoms with E-state index in [0.29, 0.717) is 6.42 Å². The number of aliphatic hydroxyl groups excluding tert-OH is 1. The predicted octanol–water partition coefficient (Wildman–Crippen LogP) is 4.59. The molecule has 0 aromatic heterocycles. The van der Waals surface area contributed by atoms with E-state index in [0.717, 1.165) is 17.6 Å². The molecular weight excluding hydrogens is 220 g/mol. The third-order valence-corrected chi connectivity index (χ3v) is 2.94. The normalized spacial score (nSPS) is 12.8. The highest BCUT2D eigenvalue weighted by Crippen LogP contribution is 2.14. The minimum atomic E-state index is -0.417. The topological polar surface area (TPSA) is 20.2 Å². The summed E-state index contributed by atoms with van der Waals surface area (Å²) in [5, 5.41) is 9.89. The minimum Gasteiger partial charge on any atom is -0.389 e. The molecule has 1 aromatic carbocycles. The Morgan fingerprint density at radius 2 is 2.00 bits per heavy atom. The maximum absolute atomic E-state index is 9.89. The Bertz CT molecular complexity index is 364. The van der Waals surface area contributed by atoms with Crippen molar-refractivity contribution in [3.63, 3.8) is 0 Å². The second-order valence-electron chi connectivity index (χ2n) is 4.75. The van der Waals surface area contributed by atoms with E-state index in [2.05, 4.69) is 13.5 Å². The zero-order chi connectivity index (χ0) is 13.2. The zero-order valence-electron chi connectivity index (χ0n) is 11.3. The van der Waals surface area contributed by atoms with Gasteiger partial charge in [-0.05, 0) is 24.8 Å². The highest BCUT2D eigenvalue weighted by molar-refractivity contribution is 5.49. The van der Waals surface area contributed by atoms with E-state index in [-0.39, 0.29) is 0 Å². The summed E-state index contributed by atoms with van der Waals surface area (Å²) in [4.78, 5) is 0. The van der Waals surface area contributed by atoms with Gasteiger partial charge in [-0.25, -0.2) is 0 Å². The number of hydrogen-bond acceptors (Lipinski definition) is 1. The van der Waals surface area contributed by atoms with Gasteiger partial charge in [0, 0.05) is 0 Å². The zero-order valence-corrected chi connectivity index (χ0v) is 11.3. The summed E-state index contributed by atoms with van der Waals surface area (Å²) in [6.07, 6.45) is 8.75. The summed E-state index contributed by atoms with van der Waals surface area (Å²) in [6, 6.07) is 10.0. The lowest BCUT2D eigenvalue weighted by Gasteiger charge is -2.08. The average molecular weight is 244 g/mol. The van der Waals surface area contributed by atoms with Crippen LogP contribution < -0.4 is 0 Å². The van der Waals surface area contributed by atoms with Gasteiger partial charge in [0.05, 0.1) is 6.10 Å². The average Bonchev–Trinajstić information content (AvgIpc) is 2.38. The van der Waals surface area contributed by atoms with Crippen LogP contribution in [0.5, 0.6) is 0 Å². The van der Waals surface area contributed by atoms with Gasteiger partial charge in [0.25, 0.3) is 0 Å². The maximum atomic E-state index is 9.89. The molecule has 0 unspecified atom stereocenters. The van der Waals surface area contributed by atoms with Gasteiger partial charge in [0.15, 0.2) is 0 Å². The molecule has 1 nitrogen and oxygen atoms in total. The molecule has 0 bridgehead atoms. The molecule has 1 heteroatoms. The van der Waals surface area contributed by atoms with Crippen LogP contribution in [0.1, 0.15) is 44.6 Å². The van der Waals surface area contributed by atoms with Crippen LogP contribution in [0.4, 0.5) is 0 Å². The first-order chi connectivity index (χ1) is 8.72. The largest absolute Gasteiger partial charge is 0.389 e. The van der Waals surface area contributed by atoms with Crippen molar-refractivity contribution in [2.75, 3.05) is 0 Å². The molecule has 1 N–H and O–H groups in total. The van der Waals surface area contributed by atoms with Gasteiger partial charge in [0.2, 0.25) is 0 Å². The summed E-state index contributed by atoms with van der Waals surface area (Å²) >= 11 is 0. The van der Waals surface area contributed by atoms with E-state index in [4.69, 9.17) is 0 Å². The fourth-order valence-electron chi connectivity index (χ4n) is 1.88. The molecule has 0 heterocycles. The maximum Gasteiger partial charge on any atom is 0.0761 e. The molecule has 18 heavy (non-hydrogen) atoms. The Balaban J connectivity index is 2.30. The van der Waals surface area contributed by atoms with E-state index in [1.54, 1.807) is 0 Å². The van der Waals surface area contributed by atoms with Gasteiger partial charge in [-0.2, -0.15) is 0 Å². The smallest absolute Gasteiger partial charge is 0.0761 e. The second-order valence-corrected chi connectivity index (χ2v) is 4.75. The highest BCUT2D eigenvalue weighted by Gasteiger charge is 2.02. The van der Waals surface area contributed by atoms with E-state index < -0.39 is 6.10 Å². The van der Waals surface area contributed by atoms with E-state index in [9.17, 15) is 5.11 Å². The lowest BCUT2D eigenvalue weighted by atomic mass is 10.0. The first kappa shape index (κ1) is 14.7. The van der Waals surface area contributed by atoms with Crippen LogP contribution in [0.15, 0.2) is 48.6 Å². The van der Waals surface area contributed by atoms with Crippen molar-refractivity contribution >= 4 is 6.08 Å². The number of unbranched alkanes of at least 4 members (excludes halogenated alkanes) is 2. The van der Waals surface area contributed by atoms with Gasteiger partial charge in [-0.1, -0.05) is 74.4 Å². The van der Waals surface area contributed by atoms with Crippen molar-refractivity contribution in [1.29, 1.82) is 0 Å². The van der Waals surface area contributed by atoms with Gasteiger partial charge in [0.1, 0.15) is 0 Å². The molecule has 0 amide bonds. The van der Waals surface area contributed by atoms with E-state index in [1.165, 1.54) is 19.3 Å². The molecule has 98 valence electrons. The summed E-state index contributed by atoms with van der Waals surface area (Å²) < 4.78 is 0. The van der Waals surface area contributed by atoms with Gasteiger partial charge in [-0.3, -0.25) is 0 Å². The first-order valence-corrected chi connectivity index (χ1v) is 6.80. The molecule has 0 radical (unpaired) electrons. The van der Waals surface area contributed by atoms with Crippen LogP contribution in [0.3, 0.4) is 0 Å². The van der Waals surface area contributed by atoms with Gasteiger partial charge >= 0.3 is 0 Å². The van der Waals surface area contributed by atoms with Crippen molar-refractivity contribution in [3.8, 4) is 0 Å². The quantitative estimate of drug-likeness (QED) is 0.524. The highest BCUT2D eigenvalue weighted by atomic mass is 16.3. The van der Waals surface area contributed by atoms with Crippen LogP contribution in [0.2, 0.25) is 0 Å². The SMILES string of the molecule is C=C(CCCCC)C[C@@H](O)C=Cc1ccccc1. The number of rotatable bonds is 8. The number of benzene rings is 1. The molecule has 0 saturated carbocycles. The van der Waals surface area contributed by atoms with Crippen LogP contribution in [0.25, 0.3) is 6.08 Å². The Morgan fingerprint density at radius 1 is 1.28 bits per heavy atom. The summed E-state index contributed by atoms with van der Waals surface area (Å²) in [5.74, 6) is 0. The van der Waals surface area contributed by atoms with Crippen LogP contribution in [0, 0.1) is 0 Å². The number of aliphatic hydroxyl groups is 1. The fraction of sp³-hybridized carbons (Fsp3) is 0.412. The van der Waals surface area contributed by atoms with E-state index in [1.807, 2.05) is 42.5 Å². The van der Waals surface area contributed by atoms with Crippen molar-refractivity contribution in [2.45, 2.75) is 45.1 Å². The number of hydrogen-bond donors (Lipinski definition) is 1.